The van der Waals surface area contributed by atoms with Crippen LogP contribution in [0.4, 0.5) is 23.2 Å². The number of amides is 1. The molecule has 0 bridgehead atoms. The lowest BCUT2D eigenvalue weighted by Gasteiger charge is -2.17. The lowest BCUT2D eigenvalue weighted by Crippen LogP contribution is -2.35. The van der Waals surface area contributed by atoms with Crippen molar-refractivity contribution in [2.45, 2.75) is 35.7 Å². The van der Waals surface area contributed by atoms with Crippen molar-refractivity contribution in [3.05, 3.63) is 95.8 Å². The Labute approximate surface area is 216 Å². The smallest absolute Gasteiger partial charge is 0.475 e. The predicted octanol–water partition coefficient (Wildman–Crippen LogP) is 4.65. The topological polar surface area (TPSA) is 113 Å². The third-order valence-corrected chi connectivity index (χ3v) is 7.20. The fourth-order valence-electron chi connectivity index (χ4n) is 3.64. The van der Waals surface area contributed by atoms with E-state index in [-0.39, 0.29) is 5.91 Å². The van der Waals surface area contributed by atoms with Crippen LogP contribution in [0.15, 0.2) is 83.8 Å². The molecule has 1 aliphatic carbocycles. The molecule has 38 heavy (non-hydrogen) atoms. The Bertz CT molecular complexity index is 1370. The number of carbonyl (C=O) groups excluding carboxylic acids is 1. The minimum absolute atomic E-state index is 0.0110. The van der Waals surface area contributed by atoms with Crippen molar-refractivity contribution in [1.82, 2.24) is 5.32 Å². The van der Waals surface area contributed by atoms with Gasteiger partial charge in [-0.15, -0.1) is 0 Å². The van der Waals surface area contributed by atoms with Gasteiger partial charge in [0.2, 0.25) is 5.91 Å². The molecule has 0 heterocycles. The van der Waals surface area contributed by atoms with E-state index < -0.39 is 38.3 Å². The molecular formula is C26H24F4N2O5S. The highest BCUT2D eigenvalue weighted by Crippen LogP contribution is 2.48. The van der Waals surface area contributed by atoms with Gasteiger partial charge in [0.05, 0.1) is 5.41 Å². The summed E-state index contributed by atoms with van der Waals surface area (Å²) in [6.45, 7) is 0.561. The Kier molecular flexibility index (Phi) is 8.77. The number of sulfonamides is 1. The zero-order valence-electron chi connectivity index (χ0n) is 19.8. The van der Waals surface area contributed by atoms with Gasteiger partial charge in [0.15, 0.2) is 0 Å². The van der Waals surface area contributed by atoms with Crippen LogP contribution >= 0.6 is 0 Å². The molecule has 0 unspecified atom stereocenters. The molecule has 1 amide bonds. The van der Waals surface area contributed by atoms with E-state index in [9.17, 15) is 30.8 Å². The lowest BCUT2D eigenvalue weighted by molar-refractivity contribution is -0.192. The number of rotatable bonds is 8. The minimum Gasteiger partial charge on any atom is -0.475 e. The first-order valence-electron chi connectivity index (χ1n) is 11.4. The summed E-state index contributed by atoms with van der Waals surface area (Å²) >= 11 is 0. The van der Waals surface area contributed by atoms with Gasteiger partial charge in [-0.2, -0.15) is 13.2 Å². The van der Waals surface area contributed by atoms with Crippen LogP contribution < -0.4 is 10.0 Å². The molecule has 4 rings (SSSR count). The monoisotopic (exact) mass is 552 g/mol. The van der Waals surface area contributed by atoms with Gasteiger partial charge in [-0.3, -0.25) is 9.52 Å². The van der Waals surface area contributed by atoms with Crippen molar-refractivity contribution >= 4 is 27.6 Å². The zero-order valence-corrected chi connectivity index (χ0v) is 20.7. The highest BCUT2D eigenvalue weighted by atomic mass is 32.2. The number of carboxylic acid groups (broad SMARTS) is 1. The van der Waals surface area contributed by atoms with Gasteiger partial charge in [0.25, 0.3) is 10.0 Å². The maximum atomic E-state index is 13.9. The predicted molar refractivity (Wildman–Crippen MR) is 131 cm³/mol. The molecule has 3 N–H and O–H groups in total. The van der Waals surface area contributed by atoms with E-state index in [2.05, 4.69) is 10.0 Å². The van der Waals surface area contributed by atoms with E-state index in [1.54, 1.807) is 24.3 Å². The Balaban J connectivity index is 0.000000505. The molecule has 0 spiro atoms. The Morgan fingerprint density at radius 3 is 1.97 bits per heavy atom. The van der Waals surface area contributed by atoms with E-state index in [1.807, 2.05) is 30.3 Å². The third kappa shape index (κ3) is 7.31. The lowest BCUT2D eigenvalue weighted by atomic mass is 9.94. The molecule has 1 fully saturated rings. The van der Waals surface area contributed by atoms with Crippen molar-refractivity contribution in [2.75, 3.05) is 11.3 Å². The minimum atomic E-state index is -5.08. The van der Waals surface area contributed by atoms with Crippen LogP contribution in [-0.4, -0.2) is 38.1 Å². The molecule has 1 saturated carbocycles. The van der Waals surface area contributed by atoms with Crippen LogP contribution in [0.25, 0.3) is 0 Å². The summed E-state index contributed by atoms with van der Waals surface area (Å²) < 4.78 is 72.9. The van der Waals surface area contributed by atoms with Crippen LogP contribution in [-0.2, 0) is 31.4 Å². The summed E-state index contributed by atoms with van der Waals surface area (Å²) in [5.74, 6) is -3.58. The summed E-state index contributed by atoms with van der Waals surface area (Å²) in [6, 6.07) is 21.9. The van der Waals surface area contributed by atoms with Crippen LogP contribution in [0.5, 0.6) is 0 Å². The first kappa shape index (κ1) is 28.6. The number of halogens is 4. The van der Waals surface area contributed by atoms with Gasteiger partial charge < -0.3 is 10.4 Å². The van der Waals surface area contributed by atoms with Gasteiger partial charge in [-0.05, 0) is 54.7 Å². The van der Waals surface area contributed by atoms with Gasteiger partial charge in [-0.1, -0.05) is 54.6 Å². The number of aliphatic carboxylic acids is 1. The standard InChI is InChI=1S/C24H23FN2O3S.C2HF3O2/c25-21-8-4-5-9-22(21)31(29,30)27-20-12-10-19(11-13-20)24(15-16-24)23(28)26-17-14-18-6-2-1-3-7-18;3-2(4,5)1(6)7/h1-13,27H,14-17H2,(H,26,28);(H,6,7). The maximum absolute atomic E-state index is 13.9. The molecule has 0 atom stereocenters. The number of nitrogens with one attached hydrogen (secondary N) is 2. The first-order valence-corrected chi connectivity index (χ1v) is 12.8. The second-order valence-electron chi connectivity index (χ2n) is 8.49. The van der Waals surface area contributed by atoms with E-state index in [4.69, 9.17) is 9.90 Å². The van der Waals surface area contributed by atoms with Crippen LogP contribution in [0, 0.1) is 5.82 Å². The Morgan fingerprint density at radius 1 is 0.895 bits per heavy atom. The molecule has 0 radical (unpaired) electrons. The van der Waals surface area contributed by atoms with Gasteiger partial charge in [0, 0.05) is 12.2 Å². The number of benzene rings is 3. The van der Waals surface area contributed by atoms with Crippen molar-refractivity contribution < 1.29 is 40.7 Å². The molecule has 0 aliphatic heterocycles. The average molecular weight is 553 g/mol. The van der Waals surface area contributed by atoms with Crippen molar-refractivity contribution in [3.63, 3.8) is 0 Å². The third-order valence-electron chi connectivity index (χ3n) is 5.79. The molecule has 3 aromatic carbocycles. The number of anilines is 1. The van der Waals surface area contributed by atoms with Gasteiger partial charge in [-0.25, -0.2) is 17.6 Å². The second kappa shape index (κ2) is 11.6. The molecular weight excluding hydrogens is 528 g/mol. The summed E-state index contributed by atoms with van der Waals surface area (Å²) in [7, 11) is -4.04. The van der Waals surface area contributed by atoms with Crippen LogP contribution in [0.1, 0.15) is 24.0 Å². The highest BCUT2D eigenvalue weighted by molar-refractivity contribution is 7.92. The highest BCUT2D eigenvalue weighted by Gasteiger charge is 2.51. The molecule has 1 aliphatic rings. The Hall–Kier alpha value is -3.93. The zero-order chi connectivity index (χ0) is 28.0. The molecule has 202 valence electrons. The molecule has 0 aromatic heterocycles. The maximum Gasteiger partial charge on any atom is 0.490 e. The number of carboxylic acids is 1. The first-order chi connectivity index (χ1) is 17.8. The largest absolute Gasteiger partial charge is 0.490 e. The average Bonchev–Trinajstić information content (AvgIpc) is 3.67. The summed E-state index contributed by atoms with van der Waals surface area (Å²) in [6.07, 6.45) is -2.81. The van der Waals surface area contributed by atoms with Crippen LogP contribution in [0.2, 0.25) is 0 Å². The SMILES string of the molecule is O=C(NCCc1ccccc1)C1(c2ccc(NS(=O)(=O)c3ccccc3F)cc2)CC1.O=C(O)C(F)(F)F. The van der Waals surface area contributed by atoms with Gasteiger partial charge in [0.1, 0.15) is 10.7 Å². The van der Waals surface area contributed by atoms with Crippen molar-refractivity contribution in [1.29, 1.82) is 0 Å². The van der Waals surface area contributed by atoms with Crippen molar-refractivity contribution in [2.24, 2.45) is 0 Å². The Morgan fingerprint density at radius 2 is 1.45 bits per heavy atom. The summed E-state index contributed by atoms with van der Waals surface area (Å²) in [5, 5.41) is 10.1. The molecule has 3 aromatic rings. The van der Waals surface area contributed by atoms with Crippen molar-refractivity contribution in [3.8, 4) is 0 Å². The number of hydrogen-bond acceptors (Lipinski definition) is 4. The summed E-state index contributed by atoms with van der Waals surface area (Å²) in [5.41, 5.74) is 1.77. The van der Waals surface area contributed by atoms with E-state index in [0.29, 0.717) is 12.2 Å². The number of carbonyl (C=O) groups is 2. The molecule has 7 nitrogen and oxygen atoms in total. The summed E-state index contributed by atoms with van der Waals surface area (Å²) in [4.78, 5) is 21.3. The quantitative estimate of drug-likeness (QED) is 0.352. The van der Waals surface area contributed by atoms with Gasteiger partial charge >= 0.3 is 12.1 Å². The van der Waals surface area contributed by atoms with E-state index in [0.717, 1.165) is 30.9 Å². The van der Waals surface area contributed by atoms with Crippen LogP contribution in [0.3, 0.4) is 0 Å². The fourth-order valence-corrected chi connectivity index (χ4v) is 4.77. The molecule has 0 saturated heterocycles. The van der Waals surface area contributed by atoms with E-state index in [1.165, 1.54) is 23.8 Å². The van der Waals surface area contributed by atoms with E-state index >= 15 is 0 Å². The fraction of sp³-hybridized carbons (Fsp3) is 0.231. The second-order valence-corrected chi connectivity index (χ2v) is 10.1. The number of hydrogen-bond donors (Lipinski definition) is 3. The normalized spacial score (nSPS) is 14.0. The number of alkyl halides is 3. The molecule has 12 heteroatoms.